The van der Waals surface area contributed by atoms with Crippen LogP contribution in [-0.2, 0) is 26.1 Å². The first-order valence-corrected chi connectivity index (χ1v) is 17.1. The van der Waals surface area contributed by atoms with Gasteiger partial charge in [-0.3, -0.25) is 9.11 Å². The van der Waals surface area contributed by atoms with Gasteiger partial charge in [0.05, 0.1) is 27.9 Å². The van der Waals surface area contributed by atoms with E-state index < -0.39 is 26.1 Å². The molecular weight excluding hydrogens is 585 g/mol. The van der Waals surface area contributed by atoms with E-state index in [9.17, 15) is 25.9 Å². The number of allylic oxidation sites excluding steroid dienone is 2. The maximum absolute atomic E-state index is 12.0. The highest BCUT2D eigenvalue weighted by molar-refractivity contribution is 8.03. The van der Waals surface area contributed by atoms with E-state index in [1.165, 1.54) is 4.57 Å². The maximum Gasteiger partial charge on any atom is 0.375 e. The van der Waals surface area contributed by atoms with Crippen molar-refractivity contribution in [3.8, 4) is 0 Å². The predicted octanol–water partition coefficient (Wildman–Crippen LogP) is 5.86. The highest BCUT2D eigenvalue weighted by Crippen LogP contribution is 2.47. The van der Waals surface area contributed by atoms with Gasteiger partial charge in [-0.1, -0.05) is 43.0 Å². The molecule has 0 fully saturated rings. The molecule has 5 rings (SSSR count). The van der Waals surface area contributed by atoms with Gasteiger partial charge in [0.2, 0.25) is 5.58 Å². The van der Waals surface area contributed by atoms with Gasteiger partial charge in [-0.2, -0.15) is 16.8 Å². The van der Waals surface area contributed by atoms with E-state index in [1.807, 2.05) is 62.1 Å². The van der Waals surface area contributed by atoms with E-state index in [-0.39, 0.29) is 18.1 Å². The molecule has 0 saturated heterocycles. The Morgan fingerprint density at radius 2 is 1.76 bits per heavy atom. The number of aryl methyl sites for hydroxylation is 2. The summed E-state index contributed by atoms with van der Waals surface area (Å²) < 4.78 is 73.5. The van der Waals surface area contributed by atoms with Crippen LogP contribution in [0, 0.1) is 13.8 Å². The summed E-state index contributed by atoms with van der Waals surface area (Å²) in [6, 6.07) is 15.4. The second kappa shape index (κ2) is 11.3. The molecule has 0 unspecified atom stereocenters. The first kappa shape index (κ1) is 29.3. The Morgan fingerprint density at radius 1 is 1.02 bits per heavy atom. The lowest BCUT2D eigenvalue weighted by Crippen LogP contribution is -2.39. The molecule has 0 amide bonds. The van der Waals surface area contributed by atoms with Crippen molar-refractivity contribution >= 4 is 65.6 Å². The van der Waals surface area contributed by atoms with E-state index in [0.717, 1.165) is 43.1 Å². The Morgan fingerprint density at radius 3 is 2.46 bits per heavy atom. The van der Waals surface area contributed by atoms with Crippen LogP contribution in [0.1, 0.15) is 36.8 Å². The summed E-state index contributed by atoms with van der Waals surface area (Å²) in [6.45, 7) is 6.41. The molecule has 0 atom stereocenters. The number of aromatic nitrogens is 1. The summed E-state index contributed by atoms with van der Waals surface area (Å²) >= 11 is 1.56. The van der Waals surface area contributed by atoms with E-state index in [4.69, 9.17) is 4.42 Å². The third-order valence-corrected chi connectivity index (χ3v) is 9.55. The van der Waals surface area contributed by atoms with Gasteiger partial charge in [0.15, 0.2) is 0 Å². The lowest BCUT2D eigenvalue weighted by molar-refractivity contribution is -0.658. The molecule has 0 bridgehead atoms. The Hall–Kier alpha value is -3.16. The van der Waals surface area contributed by atoms with Crippen LogP contribution >= 0.6 is 11.8 Å². The molecule has 2 heterocycles. The first-order valence-electron chi connectivity index (χ1n) is 13.1. The Balaban J connectivity index is 1.61. The zero-order valence-corrected chi connectivity index (χ0v) is 25.3. The smallest absolute Gasteiger partial charge is 0.375 e. The summed E-state index contributed by atoms with van der Waals surface area (Å²) in [5.41, 5.74) is 5.10. The third kappa shape index (κ3) is 6.52. The Labute approximate surface area is 243 Å². The van der Waals surface area contributed by atoms with Crippen LogP contribution in [0.15, 0.2) is 74.5 Å². The SMILES string of the molecule is CCC(=C/c1oc2ccc3ccccc3c2[n+]1CS(=O)(=O)O)/C=C1/Sc2cc(C)c(C)cc2N1CCCS(=O)(=O)O. The summed E-state index contributed by atoms with van der Waals surface area (Å²) in [6.07, 6.45) is 4.56. The van der Waals surface area contributed by atoms with Crippen molar-refractivity contribution in [1.29, 1.82) is 0 Å². The molecule has 0 aliphatic carbocycles. The molecule has 1 aliphatic heterocycles. The van der Waals surface area contributed by atoms with Crippen LogP contribution in [-0.4, -0.2) is 38.2 Å². The van der Waals surface area contributed by atoms with Crippen molar-refractivity contribution in [3.05, 3.63) is 82.2 Å². The van der Waals surface area contributed by atoms with Crippen LogP contribution in [0.25, 0.3) is 27.9 Å². The summed E-state index contributed by atoms with van der Waals surface area (Å²) in [5.74, 6) is -0.748. The van der Waals surface area contributed by atoms with Gasteiger partial charge in [0, 0.05) is 11.4 Å². The molecule has 1 aromatic heterocycles. The average molecular weight is 616 g/mol. The number of anilines is 1. The minimum atomic E-state index is -4.39. The number of benzene rings is 3. The number of hydrogen-bond donors (Lipinski definition) is 2. The fourth-order valence-corrected chi connectivity index (χ4v) is 7.25. The molecule has 0 radical (unpaired) electrons. The fourth-order valence-electron chi connectivity index (χ4n) is 4.93. The van der Waals surface area contributed by atoms with E-state index in [2.05, 4.69) is 12.1 Å². The van der Waals surface area contributed by atoms with E-state index in [1.54, 1.807) is 23.9 Å². The minimum absolute atomic E-state index is 0.235. The predicted molar refractivity (Wildman–Crippen MR) is 162 cm³/mol. The minimum Gasteiger partial charge on any atom is -0.398 e. The van der Waals surface area contributed by atoms with Crippen molar-refractivity contribution < 1.29 is 34.9 Å². The summed E-state index contributed by atoms with van der Waals surface area (Å²) in [7, 11) is -8.49. The van der Waals surface area contributed by atoms with Gasteiger partial charge in [0.25, 0.3) is 21.5 Å². The normalized spacial score (nSPS) is 15.4. The molecule has 1 aliphatic rings. The zero-order valence-electron chi connectivity index (χ0n) is 22.9. The second-order valence-corrected chi connectivity index (χ2v) is 14.1. The summed E-state index contributed by atoms with van der Waals surface area (Å²) in [5, 5.41) is 2.58. The monoisotopic (exact) mass is 615 g/mol. The number of thioether (sulfide) groups is 1. The number of oxazole rings is 1. The maximum atomic E-state index is 12.0. The topological polar surface area (TPSA) is 129 Å². The van der Waals surface area contributed by atoms with Gasteiger partial charge in [-0.15, -0.1) is 4.57 Å². The lowest BCUT2D eigenvalue weighted by Gasteiger charge is -2.21. The molecule has 41 heavy (non-hydrogen) atoms. The Bertz CT molecular complexity index is 1940. The quantitative estimate of drug-likeness (QED) is 0.176. The molecule has 9 nitrogen and oxygen atoms in total. The van der Waals surface area contributed by atoms with Crippen molar-refractivity contribution in [2.45, 2.75) is 44.4 Å². The lowest BCUT2D eigenvalue weighted by atomic mass is 10.1. The van der Waals surface area contributed by atoms with Crippen LogP contribution in [0.5, 0.6) is 0 Å². The molecule has 12 heteroatoms. The molecule has 3 aromatic carbocycles. The molecule has 0 spiro atoms. The molecule has 0 saturated carbocycles. The van der Waals surface area contributed by atoms with Crippen molar-refractivity contribution in [3.63, 3.8) is 0 Å². The molecule has 216 valence electrons. The number of hydrogen-bond acceptors (Lipinski definition) is 7. The fraction of sp³-hybridized carbons (Fsp3) is 0.276. The Kier molecular flexibility index (Phi) is 8.05. The van der Waals surface area contributed by atoms with Crippen LogP contribution in [0.3, 0.4) is 0 Å². The average Bonchev–Trinajstić information content (AvgIpc) is 3.39. The third-order valence-electron chi connectivity index (χ3n) is 7.06. The summed E-state index contributed by atoms with van der Waals surface area (Å²) in [4.78, 5) is 3.08. The van der Waals surface area contributed by atoms with Gasteiger partial charge in [-0.25, -0.2) is 0 Å². The van der Waals surface area contributed by atoms with Gasteiger partial charge >= 0.3 is 16.0 Å². The van der Waals surface area contributed by atoms with E-state index >= 15 is 0 Å². The zero-order chi connectivity index (χ0) is 29.5. The largest absolute Gasteiger partial charge is 0.398 e. The first-order chi connectivity index (χ1) is 19.3. The molecule has 4 aromatic rings. The van der Waals surface area contributed by atoms with E-state index in [0.29, 0.717) is 24.1 Å². The van der Waals surface area contributed by atoms with Crippen molar-refractivity contribution in [1.82, 2.24) is 0 Å². The highest BCUT2D eigenvalue weighted by atomic mass is 32.2. The molecular formula is C29H31N2O7S3+. The van der Waals surface area contributed by atoms with Gasteiger partial charge in [0.1, 0.15) is 0 Å². The van der Waals surface area contributed by atoms with Crippen molar-refractivity contribution in [2.75, 3.05) is 17.2 Å². The van der Waals surface area contributed by atoms with Gasteiger partial charge in [-0.05, 0) is 79.1 Å². The van der Waals surface area contributed by atoms with Crippen LogP contribution < -0.4 is 9.47 Å². The standard InChI is InChI=1S/C29H30N2O7S3/c1-4-21(17-28-30(12-7-13-40(32,33)34)24-14-19(2)20(3)15-26(24)39-28)16-27-31(18-41(35,36)37)29-23-9-6-5-8-22(23)10-11-25(29)38-27/h5-6,8-11,14-17H,4,7,12-13,18H2,1-3H3,(H-,32,33,34,35,36,37)/p+1. The number of nitrogens with zero attached hydrogens (tertiary/aromatic N) is 2. The highest BCUT2D eigenvalue weighted by Gasteiger charge is 2.29. The number of rotatable bonds is 9. The van der Waals surface area contributed by atoms with Crippen LogP contribution in [0.4, 0.5) is 5.69 Å². The number of fused-ring (bicyclic) bond motifs is 4. The molecule has 2 N–H and O–H groups in total. The van der Waals surface area contributed by atoms with Crippen molar-refractivity contribution in [2.24, 2.45) is 0 Å². The van der Waals surface area contributed by atoms with Crippen LogP contribution in [0.2, 0.25) is 0 Å². The van der Waals surface area contributed by atoms with Gasteiger partial charge < -0.3 is 9.32 Å². The second-order valence-electron chi connectivity index (χ2n) is 10.1.